The van der Waals surface area contributed by atoms with Crippen molar-refractivity contribution in [3.8, 4) is 11.5 Å². The second kappa shape index (κ2) is 7.43. The van der Waals surface area contributed by atoms with E-state index in [9.17, 15) is 4.79 Å². The van der Waals surface area contributed by atoms with Gasteiger partial charge in [-0.25, -0.2) is 0 Å². The van der Waals surface area contributed by atoms with Crippen molar-refractivity contribution in [1.82, 2.24) is 4.90 Å². The number of hydrogen-bond acceptors (Lipinski definition) is 3. The minimum atomic E-state index is 0.0297. The number of halogens is 1. The molecule has 0 aromatic heterocycles. The number of benzene rings is 2. The van der Waals surface area contributed by atoms with Crippen LogP contribution in [0.4, 0.5) is 0 Å². The van der Waals surface area contributed by atoms with Gasteiger partial charge in [-0.15, -0.1) is 0 Å². The molecule has 3 atom stereocenters. The van der Waals surface area contributed by atoms with E-state index in [1.54, 1.807) is 14.2 Å². The molecule has 4 nitrogen and oxygen atoms in total. The maximum atomic E-state index is 13.3. The zero-order valence-corrected chi connectivity index (χ0v) is 16.4. The lowest BCUT2D eigenvalue weighted by atomic mass is 10.0. The molecule has 2 fully saturated rings. The monoisotopic (exact) mass is 385 g/mol. The molecule has 142 valence electrons. The molecule has 3 unspecified atom stereocenters. The van der Waals surface area contributed by atoms with Crippen molar-refractivity contribution in [3.05, 3.63) is 58.6 Å². The van der Waals surface area contributed by atoms with Crippen LogP contribution >= 0.6 is 11.6 Å². The fraction of sp³-hybridized carbons (Fsp3) is 0.409. The number of amides is 1. The molecule has 0 spiro atoms. The Morgan fingerprint density at radius 2 is 1.93 bits per heavy atom. The molecule has 1 saturated carbocycles. The molecular weight excluding hydrogens is 362 g/mol. The Balaban J connectivity index is 1.56. The predicted molar refractivity (Wildman–Crippen MR) is 106 cm³/mol. The van der Waals surface area contributed by atoms with Crippen molar-refractivity contribution in [3.63, 3.8) is 0 Å². The predicted octanol–water partition coefficient (Wildman–Crippen LogP) is 4.82. The van der Waals surface area contributed by atoms with Gasteiger partial charge in [-0.05, 0) is 55.0 Å². The zero-order chi connectivity index (χ0) is 19.0. The van der Waals surface area contributed by atoms with Crippen LogP contribution in [0.1, 0.15) is 42.3 Å². The standard InChI is InChI=1S/C22H24ClNO3/c1-26-14-9-10-21(27-2)18(12-14)20-8-5-11-24(20)22(25)17-13-16(17)15-6-3-4-7-19(15)23/h3-4,6-7,9-10,12,16-17,20H,5,8,11,13H2,1-2H3. The van der Waals surface area contributed by atoms with E-state index in [0.29, 0.717) is 0 Å². The summed E-state index contributed by atoms with van der Waals surface area (Å²) in [6.07, 6.45) is 2.82. The second-order valence-electron chi connectivity index (χ2n) is 7.27. The number of hydrogen-bond donors (Lipinski definition) is 0. The van der Waals surface area contributed by atoms with Gasteiger partial charge in [0.15, 0.2) is 0 Å². The average Bonchev–Trinajstić information content (AvgIpc) is 3.34. The summed E-state index contributed by atoms with van der Waals surface area (Å²) in [7, 11) is 3.32. The van der Waals surface area contributed by atoms with Gasteiger partial charge in [-0.3, -0.25) is 4.79 Å². The van der Waals surface area contributed by atoms with E-state index in [1.165, 1.54) is 0 Å². The zero-order valence-electron chi connectivity index (χ0n) is 15.7. The van der Waals surface area contributed by atoms with Crippen LogP contribution in [0.25, 0.3) is 0 Å². The summed E-state index contributed by atoms with van der Waals surface area (Å²) >= 11 is 6.33. The topological polar surface area (TPSA) is 38.8 Å². The van der Waals surface area contributed by atoms with E-state index >= 15 is 0 Å². The van der Waals surface area contributed by atoms with Gasteiger partial charge in [0.2, 0.25) is 5.91 Å². The van der Waals surface area contributed by atoms with Crippen molar-refractivity contribution in [1.29, 1.82) is 0 Å². The highest BCUT2D eigenvalue weighted by Crippen LogP contribution is 2.52. The van der Waals surface area contributed by atoms with Gasteiger partial charge in [0.05, 0.1) is 20.3 Å². The molecule has 2 aliphatic rings. The first-order chi connectivity index (χ1) is 13.1. The van der Waals surface area contributed by atoms with Crippen molar-refractivity contribution in [2.75, 3.05) is 20.8 Å². The Hall–Kier alpha value is -2.20. The van der Waals surface area contributed by atoms with Gasteiger partial charge >= 0.3 is 0 Å². The van der Waals surface area contributed by atoms with E-state index in [2.05, 4.69) is 0 Å². The summed E-state index contributed by atoms with van der Waals surface area (Å²) in [6.45, 7) is 0.787. The molecule has 4 rings (SSSR count). The van der Waals surface area contributed by atoms with Crippen LogP contribution in [0, 0.1) is 5.92 Å². The number of rotatable bonds is 5. The number of nitrogens with zero attached hydrogens (tertiary/aromatic N) is 1. The van der Waals surface area contributed by atoms with E-state index in [4.69, 9.17) is 21.1 Å². The van der Waals surface area contributed by atoms with Crippen LogP contribution in [0.3, 0.4) is 0 Å². The van der Waals surface area contributed by atoms with Gasteiger partial charge < -0.3 is 14.4 Å². The quantitative estimate of drug-likeness (QED) is 0.740. The number of carbonyl (C=O) groups excluding carboxylic acids is 1. The number of carbonyl (C=O) groups is 1. The van der Waals surface area contributed by atoms with Gasteiger partial charge in [-0.2, -0.15) is 0 Å². The third kappa shape index (κ3) is 3.39. The third-order valence-electron chi connectivity index (χ3n) is 5.74. The van der Waals surface area contributed by atoms with Gasteiger partial charge in [0, 0.05) is 23.0 Å². The van der Waals surface area contributed by atoms with Crippen LogP contribution in [0.2, 0.25) is 5.02 Å². The summed E-state index contributed by atoms with van der Waals surface area (Å²) in [6, 6.07) is 13.7. The second-order valence-corrected chi connectivity index (χ2v) is 7.67. The maximum Gasteiger partial charge on any atom is 0.226 e. The number of likely N-dealkylation sites (tertiary alicyclic amines) is 1. The highest BCUT2D eigenvalue weighted by molar-refractivity contribution is 6.31. The van der Waals surface area contributed by atoms with E-state index < -0.39 is 0 Å². The summed E-state index contributed by atoms with van der Waals surface area (Å²) in [4.78, 5) is 15.3. The molecule has 1 aliphatic heterocycles. The van der Waals surface area contributed by atoms with E-state index in [0.717, 1.165) is 53.5 Å². The largest absolute Gasteiger partial charge is 0.497 e. The Morgan fingerprint density at radius 3 is 2.67 bits per heavy atom. The van der Waals surface area contributed by atoms with Gasteiger partial charge in [0.1, 0.15) is 11.5 Å². The molecule has 1 aliphatic carbocycles. The van der Waals surface area contributed by atoms with Crippen LogP contribution in [0.15, 0.2) is 42.5 Å². The Labute approximate surface area is 165 Å². The molecule has 2 aromatic rings. The molecule has 5 heteroatoms. The number of ether oxygens (including phenoxy) is 2. The highest BCUT2D eigenvalue weighted by Gasteiger charge is 2.48. The lowest BCUT2D eigenvalue weighted by molar-refractivity contribution is -0.133. The molecule has 1 amide bonds. The molecule has 0 bridgehead atoms. The fourth-order valence-corrected chi connectivity index (χ4v) is 4.53. The normalized spacial score (nSPS) is 24.0. The molecule has 2 aromatic carbocycles. The molecule has 1 saturated heterocycles. The lowest BCUT2D eigenvalue weighted by Crippen LogP contribution is -2.32. The van der Waals surface area contributed by atoms with Crippen molar-refractivity contribution in [2.24, 2.45) is 5.92 Å². The van der Waals surface area contributed by atoms with Crippen molar-refractivity contribution >= 4 is 17.5 Å². The summed E-state index contributed by atoms with van der Waals surface area (Å²) in [5.41, 5.74) is 2.12. The number of methoxy groups -OCH3 is 2. The first kappa shape index (κ1) is 18.2. The van der Waals surface area contributed by atoms with Crippen molar-refractivity contribution < 1.29 is 14.3 Å². The summed E-state index contributed by atoms with van der Waals surface area (Å²) in [5, 5.41) is 0.755. The minimum absolute atomic E-state index is 0.0297. The Morgan fingerprint density at radius 1 is 1.11 bits per heavy atom. The van der Waals surface area contributed by atoms with E-state index in [-0.39, 0.29) is 23.8 Å². The van der Waals surface area contributed by atoms with Crippen LogP contribution < -0.4 is 9.47 Å². The van der Waals surface area contributed by atoms with Crippen molar-refractivity contribution in [2.45, 2.75) is 31.2 Å². The molecular formula is C22H24ClNO3. The first-order valence-corrected chi connectivity index (χ1v) is 9.78. The SMILES string of the molecule is COc1ccc(OC)c(C2CCCN2C(=O)C2CC2c2ccccc2Cl)c1. The third-order valence-corrected chi connectivity index (χ3v) is 6.09. The molecule has 1 heterocycles. The molecule has 27 heavy (non-hydrogen) atoms. The van der Waals surface area contributed by atoms with E-state index in [1.807, 2.05) is 47.4 Å². The maximum absolute atomic E-state index is 13.3. The van der Waals surface area contributed by atoms with Crippen LogP contribution in [0.5, 0.6) is 11.5 Å². The fourth-order valence-electron chi connectivity index (χ4n) is 4.25. The van der Waals surface area contributed by atoms with Crippen LogP contribution in [-0.4, -0.2) is 31.6 Å². The lowest BCUT2D eigenvalue weighted by Gasteiger charge is -2.27. The summed E-state index contributed by atoms with van der Waals surface area (Å²) in [5.74, 6) is 2.08. The Bertz CT molecular complexity index is 853. The average molecular weight is 386 g/mol. The molecule has 0 N–H and O–H groups in total. The summed E-state index contributed by atoms with van der Waals surface area (Å²) < 4.78 is 10.9. The highest BCUT2D eigenvalue weighted by atomic mass is 35.5. The minimum Gasteiger partial charge on any atom is -0.497 e. The van der Waals surface area contributed by atoms with Crippen LogP contribution in [-0.2, 0) is 4.79 Å². The Kier molecular flexibility index (Phi) is 5.00. The van der Waals surface area contributed by atoms with Gasteiger partial charge in [0.25, 0.3) is 0 Å². The van der Waals surface area contributed by atoms with Gasteiger partial charge in [-0.1, -0.05) is 29.8 Å². The first-order valence-electron chi connectivity index (χ1n) is 9.41. The smallest absolute Gasteiger partial charge is 0.226 e. The molecule has 0 radical (unpaired) electrons.